The molecule has 0 fully saturated rings. The number of aliphatic hydroxyl groups is 1. The first-order chi connectivity index (χ1) is 18.6. The van der Waals surface area contributed by atoms with Crippen molar-refractivity contribution >= 4 is 27.8 Å². The van der Waals surface area contributed by atoms with Gasteiger partial charge in [0.05, 0.1) is 0 Å². The topological polar surface area (TPSA) is 37.3 Å². The van der Waals surface area contributed by atoms with Gasteiger partial charge in [0.2, 0.25) is 0 Å². The molecule has 0 aromatic heterocycles. The first kappa shape index (κ1) is 23.8. The fourth-order valence-electron chi connectivity index (χ4n) is 5.74. The first-order valence-corrected chi connectivity index (χ1v) is 12.9. The van der Waals surface area contributed by atoms with Gasteiger partial charge in [0.25, 0.3) is 0 Å². The second-order valence-corrected chi connectivity index (χ2v) is 9.91. The molecule has 0 heterocycles. The van der Waals surface area contributed by atoms with E-state index in [9.17, 15) is 9.90 Å². The van der Waals surface area contributed by atoms with Crippen LogP contribution >= 0.6 is 0 Å². The molecule has 6 rings (SSSR count). The van der Waals surface area contributed by atoms with Crippen LogP contribution in [0.25, 0.3) is 43.8 Å². The summed E-state index contributed by atoms with van der Waals surface area (Å²) in [5.41, 5.74) is 8.28. The van der Waals surface area contributed by atoms with Crippen LogP contribution < -0.4 is 0 Å². The van der Waals surface area contributed by atoms with Crippen molar-refractivity contribution in [3.8, 4) is 22.3 Å². The summed E-state index contributed by atoms with van der Waals surface area (Å²) in [4.78, 5) is 12.3. The molecule has 2 heteroatoms. The van der Waals surface area contributed by atoms with Crippen LogP contribution in [0.15, 0.2) is 115 Å². The lowest BCUT2D eigenvalue weighted by atomic mass is 9.85. The van der Waals surface area contributed by atoms with Crippen molar-refractivity contribution in [2.24, 2.45) is 0 Å². The van der Waals surface area contributed by atoms with Crippen LogP contribution in [0.2, 0.25) is 0 Å². The van der Waals surface area contributed by atoms with E-state index in [2.05, 4.69) is 86.6 Å². The molecule has 0 saturated carbocycles. The highest BCUT2D eigenvalue weighted by atomic mass is 16.3. The fraction of sp³-hybridized carbons (Fsp3) is 0.0833. The van der Waals surface area contributed by atoms with Crippen LogP contribution in [0, 0.1) is 13.8 Å². The zero-order valence-electron chi connectivity index (χ0n) is 21.5. The van der Waals surface area contributed by atoms with Crippen LogP contribution in [0.3, 0.4) is 0 Å². The molecule has 0 saturated heterocycles. The molecule has 0 aliphatic rings. The summed E-state index contributed by atoms with van der Waals surface area (Å²) in [6.07, 6.45) is -0.124. The van der Waals surface area contributed by atoms with Gasteiger partial charge in [0, 0.05) is 11.1 Å². The van der Waals surface area contributed by atoms with E-state index in [-0.39, 0.29) is 0 Å². The number of aryl methyl sites for hydroxylation is 2. The largest absolute Gasteiger partial charge is 0.384 e. The van der Waals surface area contributed by atoms with Gasteiger partial charge in [-0.15, -0.1) is 0 Å². The molecule has 0 aliphatic carbocycles. The van der Waals surface area contributed by atoms with Crippen molar-refractivity contribution in [3.05, 3.63) is 143 Å². The lowest BCUT2D eigenvalue weighted by Gasteiger charge is -2.21. The Morgan fingerprint density at radius 3 is 1.92 bits per heavy atom. The predicted molar refractivity (Wildman–Crippen MR) is 158 cm³/mol. The fourth-order valence-corrected chi connectivity index (χ4v) is 5.74. The number of carbonyl (C=O) groups excluding carboxylic acids is 1. The summed E-state index contributed by atoms with van der Waals surface area (Å²) >= 11 is 0. The predicted octanol–water partition coefficient (Wildman–Crippen LogP) is 8.84. The molecule has 1 unspecified atom stereocenters. The van der Waals surface area contributed by atoms with Crippen LogP contribution in [0.5, 0.6) is 0 Å². The number of rotatable bonds is 5. The minimum absolute atomic E-state index is 0.495. The standard InChI is InChI=1S/C36H28O2/c1-23-17-19-25-9-3-5-14-30(25)33(23)27-11-7-12-28(21-27)36(38)35-29(22-37)13-8-16-32(35)34-24(2)18-20-26-10-4-6-15-31(26)34/h3-22,36,38H,1-2H3. The molecular formula is C36H28O2. The lowest BCUT2D eigenvalue weighted by molar-refractivity contribution is 0.111. The number of aliphatic hydroxyl groups excluding tert-OH is 1. The average molecular weight is 493 g/mol. The van der Waals surface area contributed by atoms with Gasteiger partial charge in [0.15, 0.2) is 0 Å². The molecule has 0 amide bonds. The van der Waals surface area contributed by atoms with E-state index in [1.54, 1.807) is 6.07 Å². The van der Waals surface area contributed by atoms with E-state index in [0.717, 1.165) is 50.4 Å². The molecule has 184 valence electrons. The third-order valence-electron chi connectivity index (χ3n) is 7.58. The summed E-state index contributed by atoms with van der Waals surface area (Å²) in [6.45, 7) is 4.20. The third-order valence-corrected chi connectivity index (χ3v) is 7.58. The molecule has 2 nitrogen and oxygen atoms in total. The Morgan fingerprint density at radius 1 is 0.632 bits per heavy atom. The van der Waals surface area contributed by atoms with Crippen molar-refractivity contribution in [2.75, 3.05) is 0 Å². The second-order valence-electron chi connectivity index (χ2n) is 9.91. The van der Waals surface area contributed by atoms with Crippen molar-refractivity contribution in [2.45, 2.75) is 20.0 Å². The molecule has 6 aromatic rings. The highest BCUT2D eigenvalue weighted by molar-refractivity contribution is 6.01. The lowest BCUT2D eigenvalue weighted by Crippen LogP contribution is -2.07. The molecule has 1 N–H and O–H groups in total. The molecule has 0 spiro atoms. The number of fused-ring (bicyclic) bond motifs is 2. The minimum Gasteiger partial charge on any atom is -0.384 e. The molecule has 38 heavy (non-hydrogen) atoms. The Labute approximate surface area is 222 Å². The molecule has 1 atom stereocenters. The Kier molecular flexibility index (Phi) is 6.11. The second kappa shape index (κ2) is 9.74. The van der Waals surface area contributed by atoms with Crippen LogP contribution in [-0.2, 0) is 0 Å². The van der Waals surface area contributed by atoms with Gasteiger partial charge in [-0.1, -0.05) is 109 Å². The Morgan fingerprint density at radius 2 is 1.24 bits per heavy atom. The Hall–Kier alpha value is -4.53. The van der Waals surface area contributed by atoms with Crippen molar-refractivity contribution in [3.63, 3.8) is 0 Å². The first-order valence-electron chi connectivity index (χ1n) is 12.9. The van der Waals surface area contributed by atoms with Crippen LogP contribution in [0.4, 0.5) is 0 Å². The summed E-state index contributed by atoms with van der Waals surface area (Å²) in [7, 11) is 0. The zero-order valence-corrected chi connectivity index (χ0v) is 21.5. The maximum Gasteiger partial charge on any atom is 0.150 e. The van der Waals surface area contributed by atoms with Crippen molar-refractivity contribution in [1.82, 2.24) is 0 Å². The van der Waals surface area contributed by atoms with E-state index < -0.39 is 6.10 Å². The number of hydrogen-bond acceptors (Lipinski definition) is 2. The van der Waals surface area contributed by atoms with E-state index in [1.807, 2.05) is 36.4 Å². The van der Waals surface area contributed by atoms with Gasteiger partial charge in [0.1, 0.15) is 12.4 Å². The van der Waals surface area contributed by atoms with Gasteiger partial charge in [-0.3, -0.25) is 4.79 Å². The maximum absolute atomic E-state index is 12.3. The van der Waals surface area contributed by atoms with Gasteiger partial charge >= 0.3 is 0 Å². The highest BCUT2D eigenvalue weighted by Gasteiger charge is 2.22. The van der Waals surface area contributed by atoms with Crippen molar-refractivity contribution in [1.29, 1.82) is 0 Å². The van der Waals surface area contributed by atoms with Crippen LogP contribution in [0.1, 0.15) is 38.7 Å². The van der Waals surface area contributed by atoms with Crippen molar-refractivity contribution < 1.29 is 9.90 Å². The minimum atomic E-state index is -0.972. The summed E-state index contributed by atoms with van der Waals surface area (Å²) < 4.78 is 0. The smallest absolute Gasteiger partial charge is 0.150 e. The number of hydrogen-bond donors (Lipinski definition) is 1. The van der Waals surface area contributed by atoms with Gasteiger partial charge in [-0.05, 0) is 80.4 Å². The normalized spacial score (nSPS) is 12.1. The molecule has 6 aromatic carbocycles. The number of aldehydes is 1. The number of benzene rings is 6. The third kappa shape index (κ3) is 4.00. The SMILES string of the molecule is Cc1ccc2ccccc2c1-c1cccc(C(O)c2c(C=O)cccc2-c2c(C)ccc3ccccc23)c1. The molecule has 0 aliphatic heterocycles. The zero-order chi connectivity index (χ0) is 26.2. The van der Waals surface area contributed by atoms with Gasteiger partial charge in [-0.2, -0.15) is 0 Å². The molecule has 0 bridgehead atoms. The summed E-state index contributed by atoms with van der Waals surface area (Å²) in [5.74, 6) is 0. The quantitative estimate of drug-likeness (QED) is 0.244. The van der Waals surface area contributed by atoms with Gasteiger partial charge < -0.3 is 5.11 Å². The summed E-state index contributed by atoms with van der Waals surface area (Å²) in [6, 6.07) is 38.9. The highest BCUT2D eigenvalue weighted by Crippen LogP contribution is 2.40. The average Bonchev–Trinajstić information content (AvgIpc) is 2.96. The Balaban J connectivity index is 1.55. The Bertz CT molecular complexity index is 1830. The van der Waals surface area contributed by atoms with Gasteiger partial charge in [-0.25, -0.2) is 0 Å². The number of carbonyl (C=O) groups is 1. The van der Waals surface area contributed by atoms with E-state index in [1.165, 1.54) is 16.3 Å². The molecule has 0 radical (unpaired) electrons. The van der Waals surface area contributed by atoms with E-state index in [4.69, 9.17) is 0 Å². The maximum atomic E-state index is 12.3. The van der Waals surface area contributed by atoms with E-state index >= 15 is 0 Å². The molecular weight excluding hydrogens is 464 g/mol. The summed E-state index contributed by atoms with van der Waals surface area (Å²) in [5, 5.41) is 16.5. The van der Waals surface area contributed by atoms with E-state index in [0.29, 0.717) is 11.1 Å². The van der Waals surface area contributed by atoms with Crippen LogP contribution in [-0.4, -0.2) is 11.4 Å². The monoisotopic (exact) mass is 492 g/mol.